The lowest BCUT2D eigenvalue weighted by molar-refractivity contribution is -0.137. The molecule has 0 spiro atoms. The topological polar surface area (TPSA) is 86.7 Å². The molecule has 0 aliphatic rings. The second kappa shape index (κ2) is 7.78. The Morgan fingerprint density at radius 3 is 2.55 bits per heavy atom. The molecule has 0 aliphatic heterocycles. The maximum atomic E-state index is 13.4. The molecular weight excluding hydrogens is 397 g/mol. The van der Waals surface area contributed by atoms with Crippen molar-refractivity contribution in [3.05, 3.63) is 65.5 Å². The first kappa shape index (κ1) is 20.1. The van der Waals surface area contributed by atoms with E-state index in [1.54, 1.807) is 0 Å². The van der Waals surface area contributed by atoms with Gasteiger partial charge in [0, 0.05) is 23.5 Å². The minimum absolute atomic E-state index is 0.0623. The normalized spacial score (nSPS) is 12.2. The molecule has 3 rings (SSSR count). The standard InChI is InChI=1S/C18H12F5N5O/c19-5-10-1-11(3-13(2-10)18(21,22)23)17-26-9-28(27-17)8-15(16(24)29)12-4-14(20)7-25-6-12/h1-4,6-9H,5H2,(H2,24,29). The van der Waals surface area contributed by atoms with E-state index in [2.05, 4.69) is 15.1 Å². The third kappa shape index (κ3) is 4.62. The van der Waals surface area contributed by atoms with Crippen LogP contribution in [0.2, 0.25) is 0 Å². The number of aromatic nitrogens is 4. The third-order valence-electron chi connectivity index (χ3n) is 3.78. The summed E-state index contributed by atoms with van der Waals surface area (Å²) in [6.45, 7) is -1.10. The highest BCUT2D eigenvalue weighted by Crippen LogP contribution is 2.33. The Morgan fingerprint density at radius 2 is 1.93 bits per heavy atom. The first-order valence-electron chi connectivity index (χ1n) is 7.98. The molecule has 1 amide bonds. The number of hydrogen-bond acceptors (Lipinski definition) is 4. The Morgan fingerprint density at radius 1 is 1.17 bits per heavy atom. The van der Waals surface area contributed by atoms with Crippen LogP contribution in [0.3, 0.4) is 0 Å². The SMILES string of the molecule is NC(=O)C(=Cn1cnc(-c2cc(CF)cc(C(F)(F)F)c2)n1)c1cncc(F)c1. The largest absolute Gasteiger partial charge is 0.416 e. The molecule has 0 saturated carbocycles. The maximum Gasteiger partial charge on any atom is 0.416 e. The Kier molecular flexibility index (Phi) is 5.39. The van der Waals surface area contributed by atoms with Crippen LogP contribution in [0.15, 0.2) is 43.0 Å². The summed E-state index contributed by atoms with van der Waals surface area (Å²) in [7, 11) is 0. The van der Waals surface area contributed by atoms with Crippen molar-refractivity contribution in [3.63, 3.8) is 0 Å². The van der Waals surface area contributed by atoms with Crippen molar-refractivity contribution in [2.45, 2.75) is 12.9 Å². The van der Waals surface area contributed by atoms with Crippen molar-refractivity contribution in [2.75, 3.05) is 0 Å². The van der Waals surface area contributed by atoms with Crippen molar-refractivity contribution in [1.82, 2.24) is 19.7 Å². The van der Waals surface area contributed by atoms with E-state index in [0.717, 1.165) is 35.5 Å². The van der Waals surface area contributed by atoms with Gasteiger partial charge in [-0.25, -0.2) is 18.4 Å². The van der Waals surface area contributed by atoms with E-state index in [1.807, 2.05) is 0 Å². The molecule has 6 nitrogen and oxygen atoms in total. The lowest BCUT2D eigenvalue weighted by Gasteiger charge is -2.09. The fourth-order valence-electron chi connectivity index (χ4n) is 2.50. The van der Waals surface area contributed by atoms with E-state index in [1.165, 1.54) is 12.3 Å². The Bertz CT molecular complexity index is 1090. The number of nitrogens with two attached hydrogens (primary N) is 1. The Hall–Kier alpha value is -3.63. The summed E-state index contributed by atoms with van der Waals surface area (Å²) in [5, 5.41) is 3.97. The van der Waals surface area contributed by atoms with Gasteiger partial charge >= 0.3 is 6.18 Å². The molecule has 0 unspecified atom stereocenters. The summed E-state index contributed by atoms with van der Waals surface area (Å²) in [5.74, 6) is -1.74. The molecule has 2 N–H and O–H groups in total. The van der Waals surface area contributed by atoms with Gasteiger partial charge in [0.15, 0.2) is 5.82 Å². The van der Waals surface area contributed by atoms with Gasteiger partial charge in [0.05, 0.1) is 17.3 Å². The molecule has 0 bridgehead atoms. The van der Waals surface area contributed by atoms with E-state index < -0.39 is 30.1 Å². The number of alkyl halides is 4. The number of benzene rings is 1. The number of hydrogen-bond donors (Lipinski definition) is 1. The summed E-state index contributed by atoms with van der Waals surface area (Å²) >= 11 is 0. The van der Waals surface area contributed by atoms with E-state index >= 15 is 0 Å². The van der Waals surface area contributed by atoms with Crippen LogP contribution in [-0.2, 0) is 17.6 Å². The lowest BCUT2D eigenvalue weighted by atomic mass is 10.1. The monoisotopic (exact) mass is 409 g/mol. The van der Waals surface area contributed by atoms with Gasteiger partial charge in [0.2, 0.25) is 0 Å². The zero-order chi connectivity index (χ0) is 21.2. The van der Waals surface area contributed by atoms with Gasteiger partial charge in [0.1, 0.15) is 18.8 Å². The van der Waals surface area contributed by atoms with Gasteiger partial charge in [-0.15, -0.1) is 5.10 Å². The third-order valence-corrected chi connectivity index (χ3v) is 3.78. The molecule has 3 aromatic rings. The van der Waals surface area contributed by atoms with E-state index in [4.69, 9.17) is 5.73 Å². The van der Waals surface area contributed by atoms with Crippen LogP contribution in [0.1, 0.15) is 16.7 Å². The zero-order valence-electron chi connectivity index (χ0n) is 14.5. The number of carbonyl (C=O) groups is 1. The quantitative estimate of drug-likeness (QED) is 0.517. The van der Waals surface area contributed by atoms with Crippen LogP contribution >= 0.6 is 0 Å². The first-order chi connectivity index (χ1) is 13.7. The zero-order valence-corrected chi connectivity index (χ0v) is 14.5. The fraction of sp³-hybridized carbons (Fsp3) is 0.111. The number of primary amides is 1. The number of rotatable bonds is 5. The Labute approximate surface area is 160 Å². The molecule has 29 heavy (non-hydrogen) atoms. The van der Waals surface area contributed by atoms with Crippen molar-refractivity contribution in [2.24, 2.45) is 5.73 Å². The number of amides is 1. The molecule has 1 aromatic carbocycles. The van der Waals surface area contributed by atoms with Crippen molar-refractivity contribution < 1.29 is 26.7 Å². The molecule has 2 heterocycles. The molecule has 0 atom stereocenters. The molecular formula is C18H12F5N5O. The average Bonchev–Trinajstić information content (AvgIpc) is 3.13. The van der Waals surface area contributed by atoms with Gasteiger partial charge in [-0.05, 0) is 29.8 Å². The van der Waals surface area contributed by atoms with E-state index in [-0.39, 0.29) is 28.1 Å². The number of nitrogens with zero attached hydrogens (tertiary/aromatic N) is 4. The number of halogens is 5. The van der Waals surface area contributed by atoms with Crippen LogP contribution in [0, 0.1) is 5.82 Å². The van der Waals surface area contributed by atoms with Crippen LogP contribution in [0.4, 0.5) is 22.0 Å². The minimum Gasteiger partial charge on any atom is -0.366 e. The lowest BCUT2D eigenvalue weighted by Crippen LogP contribution is -2.14. The summed E-state index contributed by atoms with van der Waals surface area (Å²) < 4.78 is 66.4. The summed E-state index contributed by atoms with van der Waals surface area (Å²) in [6, 6.07) is 3.70. The molecule has 0 radical (unpaired) electrons. The van der Waals surface area contributed by atoms with Gasteiger partial charge < -0.3 is 5.73 Å². The summed E-state index contributed by atoms with van der Waals surface area (Å²) in [5.41, 5.74) is 3.94. The molecule has 150 valence electrons. The predicted molar refractivity (Wildman–Crippen MR) is 92.8 cm³/mol. The van der Waals surface area contributed by atoms with Crippen LogP contribution in [0.5, 0.6) is 0 Å². The highest BCUT2D eigenvalue weighted by atomic mass is 19.4. The van der Waals surface area contributed by atoms with Gasteiger partial charge in [-0.3, -0.25) is 9.78 Å². The van der Waals surface area contributed by atoms with Gasteiger partial charge in [-0.2, -0.15) is 13.2 Å². The van der Waals surface area contributed by atoms with Crippen LogP contribution in [-0.4, -0.2) is 25.7 Å². The molecule has 2 aromatic heterocycles. The smallest absolute Gasteiger partial charge is 0.366 e. The summed E-state index contributed by atoms with van der Waals surface area (Å²) in [6.07, 6.45) is -0.297. The van der Waals surface area contributed by atoms with Gasteiger partial charge in [0.25, 0.3) is 5.91 Å². The van der Waals surface area contributed by atoms with Crippen molar-refractivity contribution in [3.8, 4) is 11.4 Å². The Balaban J connectivity index is 2.02. The predicted octanol–water partition coefficient (Wildman–Crippen LogP) is 3.45. The van der Waals surface area contributed by atoms with Gasteiger partial charge in [-0.1, -0.05) is 0 Å². The molecule has 0 fully saturated rings. The fourth-order valence-corrected chi connectivity index (χ4v) is 2.50. The van der Waals surface area contributed by atoms with E-state index in [0.29, 0.717) is 6.07 Å². The van der Waals surface area contributed by atoms with Crippen molar-refractivity contribution in [1.29, 1.82) is 0 Å². The minimum atomic E-state index is -4.67. The van der Waals surface area contributed by atoms with E-state index in [9.17, 15) is 26.7 Å². The number of carbonyl (C=O) groups excluding carboxylic acids is 1. The first-order valence-corrected chi connectivity index (χ1v) is 7.98. The highest BCUT2D eigenvalue weighted by Gasteiger charge is 2.31. The van der Waals surface area contributed by atoms with Crippen LogP contribution in [0.25, 0.3) is 23.2 Å². The molecule has 0 saturated heterocycles. The number of pyridine rings is 1. The maximum absolute atomic E-state index is 13.4. The second-order valence-electron chi connectivity index (χ2n) is 5.90. The average molecular weight is 409 g/mol. The van der Waals surface area contributed by atoms with Crippen LogP contribution < -0.4 is 5.73 Å². The second-order valence-corrected chi connectivity index (χ2v) is 5.90. The molecule has 0 aliphatic carbocycles. The van der Waals surface area contributed by atoms with Crippen molar-refractivity contribution >= 4 is 17.7 Å². The highest BCUT2D eigenvalue weighted by molar-refractivity contribution is 6.22. The molecule has 11 heteroatoms. The summed E-state index contributed by atoms with van der Waals surface area (Å²) in [4.78, 5) is 19.2.